The van der Waals surface area contributed by atoms with Crippen molar-refractivity contribution in [3.8, 4) is 28.1 Å². The second kappa shape index (κ2) is 9.86. The molecular weight excluding hydrogens is 483 g/mol. The topological polar surface area (TPSA) is 111 Å². The van der Waals surface area contributed by atoms with Crippen molar-refractivity contribution in [1.82, 2.24) is 19.7 Å². The van der Waals surface area contributed by atoms with Crippen molar-refractivity contribution in [1.29, 1.82) is 0 Å². The third kappa shape index (κ3) is 5.67. The summed E-state index contributed by atoms with van der Waals surface area (Å²) in [5.74, 6) is 0.349. The summed E-state index contributed by atoms with van der Waals surface area (Å²) in [6.45, 7) is -0.874. The Morgan fingerprint density at radius 2 is 2.14 bits per heavy atom. The Hall–Kier alpha value is -3.74. The highest BCUT2D eigenvalue weighted by Gasteiger charge is 2.28. The molecule has 2 N–H and O–H groups in total. The van der Waals surface area contributed by atoms with Gasteiger partial charge in [0, 0.05) is 42.7 Å². The van der Waals surface area contributed by atoms with Gasteiger partial charge in [-0.05, 0) is 17.7 Å². The van der Waals surface area contributed by atoms with Gasteiger partial charge in [0.15, 0.2) is 10.8 Å². The first kappa shape index (κ1) is 24.4. The van der Waals surface area contributed by atoms with Gasteiger partial charge in [-0.2, -0.15) is 18.3 Å². The number of carbonyl (C=O) groups excluding carboxylic acids is 1. The molecule has 3 aromatic rings. The third-order valence-electron chi connectivity index (χ3n) is 5.08. The van der Waals surface area contributed by atoms with Crippen molar-refractivity contribution in [2.45, 2.75) is 19.1 Å². The van der Waals surface area contributed by atoms with Crippen LogP contribution in [0.1, 0.15) is 9.88 Å². The van der Waals surface area contributed by atoms with Gasteiger partial charge in [-0.1, -0.05) is 6.07 Å². The number of rotatable bonds is 5. The number of fused-ring (bicyclic) bond motifs is 3. The maximum absolute atomic E-state index is 12.7. The molecule has 0 fully saturated rings. The van der Waals surface area contributed by atoms with Crippen LogP contribution in [0.15, 0.2) is 40.6 Å². The van der Waals surface area contributed by atoms with Crippen LogP contribution in [0.2, 0.25) is 0 Å². The predicted molar refractivity (Wildman–Crippen MR) is 127 cm³/mol. The highest BCUT2D eigenvalue weighted by molar-refractivity contribution is 7.14. The first-order valence-electron chi connectivity index (χ1n) is 10.5. The molecule has 1 aliphatic heterocycles. The number of aromatic nitrogens is 3. The van der Waals surface area contributed by atoms with Crippen LogP contribution in [0, 0.1) is 0 Å². The lowest BCUT2D eigenvalue weighted by Gasteiger charge is -2.10. The minimum Gasteiger partial charge on any atom is -0.492 e. The number of ether oxygens (including phenoxy) is 1. The number of benzene rings is 1. The highest BCUT2D eigenvalue weighted by Crippen LogP contribution is 2.40. The summed E-state index contributed by atoms with van der Waals surface area (Å²) in [6, 6.07) is 5.58. The molecule has 13 heteroatoms. The first-order valence-corrected chi connectivity index (χ1v) is 11.3. The van der Waals surface area contributed by atoms with E-state index in [0.717, 1.165) is 22.3 Å². The lowest BCUT2D eigenvalue weighted by Crippen LogP contribution is -2.26. The average molecular weight is 506 g/mol. The number of amidine groups is 1. The quantitative estimate of drug-likeness (QED) is 0.423. The van der Waals surface area contributed by atoms with Gasteiger partial charge < -0.3 is 15.4 Å². The molecule has 0 unspecified atom stereocenters. The molecule has 0 aliphatic carbocycles. The lowest BCUT2D eigenvalue weighted by molar-refractivity contribution is -0.129. The normalized spacial score (nSPS) is 13.8. The molecule has 4 rings (SSSR count). The fourth-order valence-electron chi connectivity index (χ4n) is 3.38. The molecule has 0 bridgehead atoms. The maximum atomic E-state index is 12.7. The molecular formula is C22H22F3N7O2S. The highest BCUT2D eigenvalue weighted by atomic mass is 32.1. The standard InChI is InChI=1S/C22H22F3N7O2S/c1-31(2)18(33)10-32-9-14(8-29-32)13-3-4-15-16(7-13)34-6-5-17-19(15)30-21(35-17)20(28-12-26)27-11-22(23,24)25/h3-4,7-9,12H,5-6,10-11H2,1-2H3,(H2,26,27,28). The average Bonchev–Trinajstić information content (AvgIpc) is 3.40. The lowest BCUT2D eigenvalue weighted by atomic mass is 10.0. The summed E-state index contributed by atoms with van der Waals surface area (Å²) in [6.07, 6.45) is 0.411. The Balaban J connectivity index is 1.65. The molecule has 0 saturated heterocycles. The number of alkyl halides is 3. The van der Waals surface area contributed by atoms with E-state index in [1.54, 1.807) is 31.2 Å². The third-order valence-corrected chi connectivity index (χ3v) is 6.19. The monoisotopic (exact) mass is 505 g/mol. The summed E-state index contributed by atoms with van der Waals surface area (Å²) in [7, 11) is 3.37. The van der Waals surface area contributed by atoms with E-state index in [0.29, 0.717) is 30.0 Å². The van der Waals surface area contributed by atoms with Gasteiger partial charge in [0.1, 0.15) is 18.8 Å². The van der Waals surface area contributed by atoms with Gasteiger partial charge in [-0.3, -0.25) is 14.5 Å². The number of hydrogen-bond acceptors (Lipinski definition) is 6. The molecule has 2 aromatic heterocycles. The summed E-state index contributed by atoms with van der Waals surface area (Å²) in [5.41, 5.74) is 8.30. The van der Waals surface area contributed by atoms with Crippen molar-refractivity contribution < 1.29 is 22.7 Å². The van der Waals surface area contributed by atoms with E-state index in [9.17, 15) is 18.0 Å². The fraction of sp³-hybridized carbons (Fsp3) is 0.318. The van der Waals surface area contributed by atoms with Crippen LogP contribution in [-0.4, -0.2) is 71.2 Å². The predicted octanol–water partition coefficient (Wildman–Crippen LogP) is 2.99. The second-order valence-electron chi connectivity index (χ2n) is 7.85. The molecule has 35 heavy (non-hydrogen) atoms. The number of halogens is 3. The Morgan fingerprint density at radius 1 is 1.34 bits per heavy atom. The molecule has 0 spiro atoms. The molecule has 1 amide bonds. The summed E-state index contributed by atoms with van der Waals surface area (Å²) >= 11 is 1.21. The second-order valence-corrected chi connectivity index (χ2v) is 8.93. The molecule has 9 nitrogen and oxygen atoms in total. The molecule has 184 valence electrons. The van der Waals surface area contributed by atoms with E-state index in [1.165, 1.54) is 16.2 Å². The number of nitrogens with two attached hydrogens (primary N) is 1. The Bertz CT molecular complexity index is 1290. The number of hydrogen-bond donors (Lipinski definition) is 1. The largest absolute Gasteiger partial charge is 0.492 e. The van der Waals surface area contributed by atoms with Crippen molar-refractivity contribution >= 4 is 29.4 Å². The molecule has 1 aliphatic rings. The van der Waals surface area contributed by atoms with Gasteiger partial charge in [0.2, 0.25) is 5.91 Å². The molecule has 0 atom stereocenters. The van der Waals surface area contributed by atoms with Crippen molar-refractivity contribution in [3.63, 3.8) is 0 Å². The smallest absolute Gasteiger partial charge is 0.408 e. The van der Waals surface area contributed by atoms with Crippen molar-refractivity contribution in [3.05, 3.63) is 40.5 Å². The number of nitrogens with zero attached hydrogens (tertiary/aromatic N) is 6. The van der Waals surface area contributed by atoms with E-state index < -0.39 is 12.7 Å². The minimum atomic E-state index is -4.46. The Morgan fingerprint density at radius 3 is 2.86 bits per heavy atom. The van der Waals surface area contributed by atoms with Crippen LogP contribution < -0.4 is 10.5 Å². The Kier molecular flexibility index (Phi) is 6.87. The summed E-state index contributed by atoms with van der Waals surface area (Å²) in [4.78, 5) is 26.2. The van der Waals surface area contributed by atoms with Crippen molar-refractivity contribution in [2.24, 2.45) is 15.7 Å². The fourth-order valence-corrected chi connectivity index (χ4v) is 4.39. The Labute approximate surface area is 202 Å². The van der Waals surface area contributed by atoms with Gasteiger partial charge in [-0.15, -0.1) is 11.3 Å². The van der Waals surface area contributed by atoms with Crippen LogP contribution in [0.4, 0.5) is 13.2 Å². The van der Waals surface area contributed by atoms with Crippen LogP contribution in [-0.2, 0) is 17.8 Å². The minimum absolute atomic E-state index is 0.0751. The zero-order chi connectivity index (χ0) is 25.2. The molecule has 3 heterocycles. The molecule has 1 aromatic carbocycles. The zero-order valence-corrected chi connectivity index (χ0v) is 19.7. The van der Waals surface area contributed by atoms with Crippen LogP contribution in [0.25, 0.3) is 22.4 Å². The molecule has 0 radical (unpaired) electrons. The number of aliphatic imine (C=N–C) groups is 2. The van der Waals surface area contributed by atoms with Crippen molar-refractivity contribution in [2.75, 3.05) is 27.2 Å². The van der Waals surface area contributed by atoms with E-state index in [-0.39, 0.29) is 23.3 Å². The maximum Gasteiger partial charge on any atom is 0.408 e. The summed E-state index contributed by atoms with van der Waals surface area (Å²) < 4.78 is 45.5. The van der Waals surface area contributed by atoms with Crippen LogP contribution in [0.3, 0.4) is 0 Å². The van der Waals surface area contributed by atoms with E-state index in [1.807, 2.05) is 18.2 Å². The van der Waals surface area contributed by atoms with Gasteiger partial charge in [0.05, 0.1) is 24.8 Å². The summed E-state index contributed by atoms with van der Waals surface area (Å²) in [5, 5.41) is 4.51. The molecule has 0 saturated carbocycles. The van der Waals surface area contributed by atoms with Gasteiger partial charge >= 0.3 is 6.18 Å². The first-order chi connectivity index (χ1) is 16.6. The number of thiazole rings is 1. The van der Waals surface area contributed by atoms with Gasteiger partial charge in [-0.25, -0.2) is 9.98 Å². The number of carbonyl (C=O) groups is 1. The van der Waals surface area contributed by atoms with Crippen LogP contribution in [0.5, 0.6) is 5.75 Å². The zero-order valence-electron chi connectivity index (χ0n) is 18.9. The number of likely N-dealkylation sites (N-methyl/N-ethyl adjacent to an activating group) is 1. The SMILES string of the molecule is CN(C)C(=O)Cn1cc(-c2ccc3c(c2)OCCc2sc(C(N=CN)=NCC(F)(F)F)nc2-3)cn1. The van der Waals surface area contributed by atoms with E-state index in [2.05, 4.69) is 20.1 Å². The number of amides is 1. The van der Waals surface area contributed by atoms with E-state index >= 15 is 0 Å². The van der Waals surface area contributed by atoms with Gasteiger partial charge in [0.25, 0.3) is 0 Å². The van der Waals surface area contributed by atoms with Crippen LogP contribution >= 0.6 is 11.3 Å². The van der Waals surface area contributed by atoms with E-state index in [4.69, 9.17) is 10.5 Å².